The van der Waals surface area contributed by atoms with Gasteiger partial charge in [0.05, 0.1) is 5.52 Å². The van der Waals surface area contributed by atoms with Crippen LogP contribution in [0, 0.1) is 0 Å². The van der Waals surface area contributed by atoms with Gasteiger partial charge in [-0.05, 0) is 44.2 Å². The fourth-order valence-electron chi connectivity index (χ4n) is 2.90. The van der Waals surface area contributed by atoms with Gasteiger partial charge >= 0.3 is 0 Å². The lowest BCUT2D eigenvalue weighted by molar-refractivity contribution is -0.136. The third-order valence-corrected chi connectivity index (χ3v) is 4.18. The SMILES string of the molecule is CN1CCN(c2ccc3cc(N)ccc3n2)C(C)(C)C1=O. The molecule has 0 aliphatic carbocycles. The van der Waals surface area contributed by atoms with Crippen LogP contribution in [0.15, 0.2) is 30.3 Å². The van der Waals surface area contributed by atoms with E-state index < -0.39 is 5.54 Å². The molecule has 5 heteroatoms. The van der Waals surface area contributed by atoms with Crippen LogP contribution in [-0.2, 0) is 4.79 Å². The van der Waals surface area contributed by atoms with Gasteiger partial charge in [-0.2, -0.15) is 0 Å². The number of aromatic nitrogens is 1. The monoisotopic (exact) mass is 284 g/mol. The Labute approximate surface area is 124 Å². The van der Waals surface area contributed by atoms with Crippen molar-refractivity contribution in [1.29, 1.82) is 0 Å². The largest absolute Gasteiger partial charge is 0.399 e. The smallest absolute Gasteiger partial charge is 0.247 e. The number of benzene rings is 1. The first-order chi connectivity index (χ1) is 9.89. The van der Waals surface area contributed by atoms with E-state index >= 15 is 0 Å². The van der Waals surface area contributed by atoms with Crippen LogP contribution in [0.25, 0.3) is 10.9 Å². The molecule has 2 aromatic rings. The first kappa shape index (κ1) is 13.7. The summed E-state index contributed by atoms with van der Waals surface area (Å²) >= 11 is 0. The van der Waals surface area contributed by atoms with Crippen molar-refractivity contribution in [3.63, 3.8) is 0 Å². The molecule has 2 N–H and O–H groups in total. The van der Waals surface area contributed by atoms with Gasteiger partial charge in [-0.25, -0.2) is 4.98 Å². The fraction of sp³-hybridized carbons (Fsp3) is 0.375. The van der Waals surface area contributed by atoms with E-state index in [1.807, 2.05) is 51.2 Å². The quantitative estimate of drug-likeness (QED) is 0.812. The third kappa shape index (κ3) is 2.18. The summed E-state index contributed by atoms with van der Waals surface area (Å²) in [6, 6.07) is 9.64. The van der Waals surface area contributed by atoms with Crippen LogP contribution in [0.5, 0.6) is 0 Å². The summed E-state index contributed by atoms with van der Waals surface area (Å²) in [6.07, 6.45) is 0. The maximum Gasteiger partial charge on any atom is 0.247 e. The standard InChI is InChI=1S/C16H20N4O/c1-16(2)15(21)19(3)8-9-20(16)14-7-4-11-10-12(17)5-6-13(11)18-14/h4-7,10H,8-9,17H2,1-3H3. The van der Waals surface area contributed by atoms with Gasteiger partial charge < -0.3 is 15.5 Å². The van der Waals surface area contributed by atoms with Crippen molar-refractivity contribution in [3.8, 4) is 0 Å². The molecule has 5 nitrogen and oxygen atoms in total. The summed E-state index contributed by atoms with van der Waals surface area (Å²) < 4.78 is 0. The lowest BCUT2D eigenvalue weighted by Gasteiger charge is -2.45. The Balaban J connectivity index is 2.03. The molecule has 1 aliphatic heterocycles. The zero-order chi connectivity index (χ0) is 15.2. The highest BCUT2D eigenvalue weighted by Gasteiger charge is 2.41. The molecule has 0 atom stereocenters. The number of nitrogens with zero attached hydrogens (tertiary/aromatic N) is 3. The van der Waals surface area contributed by atoms with Gasteiger partial charge in [0.25, 0.3) is 0 Å². The van der Waals surface area contributed by atoms with E-state index in [-0.39, 0.29) is 5.91 Å². The van der Waals surface area contributed by atoms with E-state index in [0.29, 0.717) is 6.54 Å². The second-order valence-electron chi connectivity index (χ2n) is 6.06. The number of fused-ring (bicyclic) bond motifs is 1. The van der Waals surface area contributed by atoms with E-state index in [1.54, 1.807) is 4.90 Å². The summed E-state index contributed by atoms with van der Waals surface area (Å²) in [4.78, 5) is 20.9. The van der Waals surface area contributed by atoms with Crippen molar-refractivity contribution in [2.75, 3.05) is 30.8 Å². The van der Waals surface area contributed by atoms with Gasteiger partial charge in [0.15, 0.2) is 0 Å². The molecule has 1 aromatic carbocycles. The third-order valence-electron chi connectivity index (χ3n) is 4.18. The van der Waals surface area contributed by atoms with Crippen molar-refractivity contribution in [2.24, 2.45) is 0 Å². The number of likely N-dealkylation sites (N-methyl/N-ethyl adjacent to an activating group) is 1. The van der Waals surface area contributed by atoms with E-state index in [9.17, 15) is 4.79 Å². The predicted octanol–water partition coefficient (Wildman–Crippen LogP) is 1.87. The number of hydrogen-bond donors (Lipinski definition) is 1. The van der Waals surface area contributed by atoms with Gasteiger partial charge in [-0.15, -0.1) is 0 Å². The first-order valence-electron chi connectivity index (χ1n) is 7.09. The van der Waals surface area contributed by atoms with Crippen LogP contribution >= 0.6 is 0 Å². The molecule has 0 saturated carbocycles. The molecule has 3 rings (SSSR count). The van der Waals surface area contributed by atoms with Crippen LogP contribution in [-0.4, -0.2) is 41.5 Å². The maximum absolute atomic E-state index is 12.4. The van der Waals surface area contributed by atoms with Crippen molar-refractivity contribution < 1.29 is 4.79 Å². The summed E-state index contributed by atoms with van der Waals surface area (Å²) in [5.74, 6) is 0.951. The summed E-state index contributed by atoms with van der Waals surface area (Å²) in [5.41, 5.74) is 6.83. The Kier molecular flexibility index (Phi) is 3.01. The van der Waals surface area contributed by atoms with E-state index in [4.69, 9.17) is 10.7 Å². The van der Waals surface area contributed by atoms with Crippen LogP contribution in [0.1, 0.15) is 13.8 Å². The van der Waals surface area contributed by atoms with Gasteiger partial charge in [0, 0.05) is 31.2 Å². The number of hydrogen-bond acceptors (Lipinski definition) is 4. The van der Waals surface area contributed by atoms with Gasteiger partial charge in [-0.3, -0.25) is 4.79 Å². The Morgan fingerprint density at radius 3 is 2.71 bits per heavy atom. The zero-order valence-corrected chi connectivity index (χ0v) is 12.6. The molecule has 2 heterocycles. The number of anilines is 2. The first-order valence-corrected chi connectivity index (χ1v) is 7.09. The highest BCUT2D eigenvalue weighted by molar-refractivity contribution is 5.91. The average molecular weight is 284 g/mol. The molecular formula is C16H20N4O. The second kappa shape index (κ2) is 4.62. The number of pyridine rings is 1. The normalized spacial score (nSPS) is 18.3. The summed E-state index contributed by atoms with van der Waals surface area (Å²) in [6.45, 7) is 5.38. The lowest BCUT2D eigenvalue weighted by atomic mass is 9.97. The van der Waals surface area contributed by atoms with Gasteiger partial charge in [0.1, 0.15) is 11.4 Å². The van der Waals surface area contributed by atoms with Crippen LogP contribution in [0.2, 0.25) is 0 Å². The minimum atomic E-state index is -0.582. The number of carbonyl (C=O) groups is 1. The molecule has 0 unspecified atom stereocenters. The number of piperazine rings is 1. The highest BCUT2D eigenvalue weighted by atomic mass is 16.2. The van der Waals surface area contributed by atoms with E-state index in [0.717, 1.165) is 29.0 Å². The molecule has 0 bridgehead atoms. The lowest BCUT2D eigenvalue weighted by Crippen LogP contribution is -2.62. The zero-order valence-electron chi connectivity index (χ0n) is 12.6. The van der Waals surface area contributed by atoms with Gasteiger partial charge in [0.2, 0.25) is 5.91 Å². The maximum atomic E-state index is 12.4. The van der Waals surface area contributed by atoms with Crippen LogP contribution in [0.4, 0.5) is 11.5 Å². The Hall–Kier alpha value is -2.30. The Bertz CT molecular complexity index is 710. The minimum absolute atomic E-state index is 0.118. The molecule has 1 fully saturated rings. The molecule has 21 heavy (non-hydrogen) atoms. The minimum Gasteiger partial charge on any atom is -0.399 e. The van der Waals surface area contributed by atoms with E-state index in [2.05, 4.69) is 4.90 Å². The number of nitrogen functional groups attached to an aromatic ring is 1. The topological polar surface area (TPSA) is 62.5 Å². The number of rotatable bonds is 1. The van der Waals surface area contributed by atoms with Crippen molar-refractivity contribution in [1.82, 2.24) is 9.88 Å². The van der Waals surface area contributed by atoms with Crippen LogP contribution in [0.3, 0.4) is 0 Å². The molecule has 110 valence electrons. The highest BCUT2D eigenvalue weighted by Crippen LogP contribution is 2.28. The van der Waals surface area contributed by atoms with Crippen LogP contribution < -0.4 is 10.6 Å². The molecule has 1 amide bonds. The predicted molar refractivity (Wildman–Crippen MR) is 85.2 cm³/mol. The second-order valence-corrected chi connectivity index (χ2v) is 6.06. The average Bonchev–Trinajstić information content (AvgIpc) is 2.44. The Morgan fingerprint density at radius 1 is 1.19 bits per heavy atom. The molecule has 1 aromatic heterocycles. The number of amides is 1. The van der Waals surface area contributed by atoms with Gasteiger partial charge in [-0.1, -0.05) is 0 Å². The molecule has 1 aliphatic rings. The van der Waals surface area contributed by atoms with E-state index in [1.165, 1.54) is 0 Å². The van der Waals surface area contributed by atoms with Crippen molar-refractivity contribution in [2.45, 2.75) is 19.4 Å². The van der Waals surface area contributed by atoms with Crippen molar-refractivity contribution >= 4 is 28.3 Å². The summed E-state index contributed by atoms with van der Waals surface area (Å²) in [7, 11) is 1.85. The number of nitrogens with two attached hydrogens (primary N) is 1. The Morgan fingerprint density at radius 2 is 1.95 bits per heavy atom. The molecule has 0 spiro atoms. The molecular weight excluding hydrogens is 264 g/mol. The molecule has 1 saturated heterocycles. The summed E-state index contributed by atoms with van der Waals surface area (Å²) in [5, 5.41) is 1.01. The fourth-order valence-corrected chi connectivity index (χ4v) is 2.90. The molecule has 0 radical (unpaired) electrons. The van der Waals surface area contributed by atoms with Crippen molar-refractivity contribution in [3.05, 3.63) is 30.3 Å². The number of carbonyl (C=O) groups excluding carboxylic acids is 1.